The van der Waals surface area contributed by atoms with E-state index in [0.717, 1.165) is 12.8 Å². The van der Waals surface area contributed by atoms with E-state index >= 15 is 0 Å². The predicted octanol–water partition coefficient (Wildman–Crippen LogP) is 1.22. The molecule has 1 fully saturated rings. The fourth-order valence-electron chi connectivity index (χ4n) is 2.50. The fourth-order valence-corrected chi connectivity index (χ4v) is 2.50. The monoisotopic (exact) mass is 283 g/mol. The van der Waals surface area contributed by atoms with Gasteiger partial charge in [0.15, 0.2) is 0 Å². The average molecular weight is 283 g/mol. The highest BCUT2D eigenvalue weighted by Crippen LogP contribution is 2.14. The van der Waals surface area contributed by atoms with Crippen molar-refractivity contribution < 1.29 is 9.59 Å². The first-order chi connectivity index (χ1) is 9.38. The molecule has 5 nitrogen and oxygen atoms in total. The van der Waals surface area contributed by atoms with Gasteiger partial charge in [-0.2, -0.15) is 0 Å². The lowest BCUT2D eigenvalue weighted by Gasteiger charge is -2.41. The van der Waals surface area contributed by atoms with E-state index in [9.17, 15) is 9.59 Å². The summed E-state index contributed by atoms with van der Waals surface area (Å²) in [6.07, 6.45) is 2.57. The summed E-state index contributed by atoms with van der Waals surface area (Å²) in [5.74, 6) is 0.356. The van der Waals surface area contributed by atoms with Crippen molar-refractivity contribution in [3.05, 3.63) is 0 Å². The Labute approximate surface area is 122 Å². The van der Waals surface area contributed by atoms with E-state index in [-0.39, 0.29) is 23.8 Å². The largest absolute Gasteiger partial charge is 0.338 e. The van der Waals surface area contributed by atoms with Crippen molar-refractivity contribution in [3.63, 3.8) is 0 Å². The standard InChI is InChI=1S/C15H29N3O2/c1-5-6-7-13(19)18-9-8-17(10-12(18)4)15(20)14(16)11(2)3/h11-12,14H,5-10,16H2,1-4H3/t12-,14-/m1/s1. The van der Waals surface area contributed by atoms with Crippen LogP contribution in [0.15, 0.2) is 0 Å². The smallest absolute Gasteiger partial charge is 0.239 e. The van der Waals surface area contributed by atoms with E-state index in [0.29, 0.717) is 26.1 Å². The Bertz CT molecular complexity index is 344. The van der Waals surface area contributed by atoms with E-state index < -0.39 is 6.04 Å². The van der Waals surface area contributed by atoms with Gasteiger partial charge in [0.05, 0.1) is 6.04 Å². The van der Waals surface area contributed by atoms with Gasteiger partial charge in [-0.1, -0.05) is 27.2 Å². The van der Waals surface area contributed by atoms with E-state index in [2.05, 4.69) is 6.92 Å². The number of amides is 2. The molecule has 2 atom stereocenters. The van der Waals surface area contributed by atoms with Gasteiger partial charge in [0.1, 0.15) is 0 Å². The topological polar surface area (TPSA) is 66.6 Å². The lowest BCUT2D eigenvalue weighted by Crippen LogP contribution is -2.58. The number of carbonyl (C=O) groups is 2. The van der Waals surface area contributed by atoms with Crippen molar-refractivity contribution in [2.45, 2.75) is 59.0 Å². The lowest BCUT2D eigenvalue weighted by molar-refractivity contribution is -0.143. The predicted molar refractivity (Wildman–Crippen MR) is 80.1 cm³/mol. The Kier molecular flexibility index (Phi) is 6.46. The first-order valence-corrected chi connectivity index (χ1v) is 7.72. The molecule has 1 aliphatic heterocycles. The molecular formula is C15H29N3O2. The summed E-state index contributed by atoms with van der Waals surface area (Å²) >= 11 is 0. The number of unbranched alkanes of at least 4 members (excludes halogenated alkanes) is 1. The average Bonchev–Trinajstić information content (AvgIpc) is 2.42. The number of rotatable bonds is 5. The van der Waals surface area contributed by atoms with Gasteiger partial charge < -0.3 is 15.5 Å². The maximum absolute atomic E-state index is 12.2. The van der Waals surface area contributed by atoms with Gasteiger partial charge in [0.25, 0.3) is 0 Å². The molecule has 0 aromatic rings. The molecule has 20 heavy (non-hydrogen) atoms. The molecule has 0 spiro atoms. The highest BCUT2D eigenvalue weighted by molar-refractivity contribution is 5.82. The highest BCUT2D eigenvalue weighted by Gasteiger charge is 2.31. The first kappa shape index (κ1) is 17.0. The van der Waals surface area contributed by atoms with Crippen molar-refractivity contribution >= 4 is 11.8 Å². The molecule has 116 valence electrons. The molecule has 1 aliphatic rings. The molecule has 1 rings (SSSR count). The Morgan fingerprint density at radius 2 is 1.95 bits per heavy atom. The first-order valence-electron chi connectivity index (χ1n) is 7.72. The zero-order valence-corrected chi connectivity index (χ0v) is 13.3. The molecule has 0 aliphatic carbocycles. The number of hydrogen-bond donors (Lipinski definition) is 1. The summed E-state index contributed by atoms with van der Waals surface area (Å²) < 4.78 is 0. The number of hydrogen-bond acceptors (Lipinski definition) is 3. The minimum absolute atomic E-state index is 0.00695. The molecule has 5 heteroatoms. The van der Waals surface area contributed by atoms with E-state index in [1.807, 2.05) is 25.7 Å². The number of nitrogens with zero attached hydrogens (tertiary/aromatic N) is 2. The van der Waals surface area contributed by atoms with Crippen molar-refractivity contribution in [2.24, 2.45) is 11.7 Å². The molecule has 0 bridgehead atoms. The second-order valence-electron chi connectivity index (χ2n) is 6.09. The van der Waals surface area contributed by atoms with E-state index in [1.165, 1.54) is 0 Å². The van der Waals surface area contributed by atoms with Crippen LogP contribution in [0.4, 0.5) is 0 Å². The van der Waals surface area contributed by atoms with Gasteiger partial charge in [-0.15, -0.1) is 0 Å². The summed E-state index contributed by atoms with van der Waals surface area (Å²) in [7, 11) is 0. The molecule has 2 amide bonds. The summed E-state index contributed by atoms with van der Waals surface area (Å²) in [6, 6.07) is -0.360. The van der Waals surface area contributed by atoms with Gasteiger partial charge in [-0.3, -0.25) is 9.59 Å². The Morgan fingerprint density at radius 3 is 2.45 bits per heavy atom. The van der Waals surface area contributed by atoms with Gasteiger partial charge in [-0.05, 0) is 19.3 Å². The van der Waals surface area contributed by atoms with Crippen molar-refractivity contribution in [3.8, 4) is 0 Å². The summed E-state index contributed by atoms with van der Waals surface area (Å²) in [6.45, 7) is 9.82. The fraction of sp³-hybridized carbons (Fsp3) is 0.867. The molecule has 0 aromatic heterocycles. The molecule has 1 saturated heterocycles. The van der Waals surface area contributed by atoms with Crippen molar-refractivity contribution in [1.29, 1.82) is 0 Å². The third-order valence-corrected chi connectivity index (χ3v) is 4.01. The van der Waals surface area contributed by atoms with Gasteiger partial charge in [0.2, 0.25) is 11.8 Å². The van der Waals surface area contributed by atoms with Gasteiger partial charge in [-0.25, -0.2) is 0 Å². The molecule has 0 aromatic carbocycles. The quantitative estimate of drug-likeness (QED) is 0.825. The molecule has 0 radical (unpaired) electrons. The molecule has 0 saturated carbocycles. The van der Waals surface area contributed by atoms with Crippen LogP contribution in [0.2, 0.25) is 0 Å². The Morgan fingerprint density at radius 1 is 1.30 bits per heavy atom. The van der Waals surface area contributed by atoms with Crippen LogP contribution in [0.5, 0.6) is 0 Å². The van der Waals surface area contributed by atoms with Crippen LogP contribution >= 0.6 is 0 Å². The Hall–Kier alpha value is -1.10. The van der Waals surface area contributed by atoms with Crippen LogP contribution in [-0.4, -0.2) is 53.3 Å². The SMILES string of the molecule is CCCCC(=O)N1CCN(C(=O)[C@H](N)C(C)C)C[C@H]1C. The zero-order chi connectivity index (χ0) is 15.3. The summed E-state index contributed by atoms with van der Waals surface area (Å²) in [4.78, 5) is 28.0. The molecular weight excluding hydrogens is 254 g/mol. The zero-order valence-electron chi connectivity index (χ0n) is 13.3. The minimum atomic E-state index is -0.440. The molecule has 0 unspecified atom stereocenters. The maximum Gasteiger partial charge on any atom is 0.239 e. The van der Waals surface area contributed by atoms with Crippen LogP contribution in [0.3, 0.4) is 0 Å². The highest BCUT2D eigenvalue weighted by atomic mass is 16.2. The van der Waals surface area contributed by atoms with E-state index in [4.69, 9.17) is 5.73 Å². The van der Waals surface area contributed by atoms with Crippen molar-refractivity contribution in [2.75, 3.05) is 19.6 Å². The number of nitrogens with two attached hydrogens (primary N) is 1. The normalized spacial score (nSPS) is 21.2. The maximum atomic E-state index is 12.2. The van der Waals surface area contributed by atoms with Crippen molar-refractivity contribution in [1.82, 2.24) is 9.80 Å². The lowest BCUT2D eigenvalue weighted by atomic mass is 10.0. The van der Waals surface area contributed by atoms with Gasteiger partial charge >= 0.3 is 0 Å². The molecule has 1 heterocycles. The third-order valence-electron chi connectivity index (χ3n) is 4.01. The minimum Gasteiger partial charge on any atom is -0.338 e. The second-order valence-corrected chi connectivity index (χ2v) is 6.09. The Balaban J connectivity index is 2.54. The number of piperazine rings is 1. The van der Waals surface area contributed by atoms with Crippen LogP contribution in [-0.2, 0) is 9.59 Å². The second kappa shape index (κ2) is 7.62. The summed E-state index contributed by atoms with van der Waals surface area (Å²) in [5.41, 5.74) is 5.92. The molecule has 2 N–H and O–H groups in total. The third kappa shape index (κ3) is 4.20. The van der Waals surface area contributed by atoms with Crippen LogP contribution < -0.4 is 5.73 Å². The van der Waals surface area contributed by atoms with E-state index in [1.54, 1.807) is 4.90 Å². The number of carbonyl (C=O) groups excluding carboxylic acids is 2. The van der Waals surface area contributed by atoms with Gasteiger partial charge in [0, 0.05) is 32.1 Å². The van der Waals surface area contributed by atoms with Crippen LogP contribution in [0.1, 0.15) is 47.0 Å². The van der Waals surface area contributed by atoms with Crippen LogP contribution in [0.25, 0.3) is 0 Å². The van der Waals surface area contributed by atoms with Crippen LogP contribution in [0, 0.1) is 5.92 Å². The summed E-state index contributed by atoms with van der Waals surface area (Å²) in [5, 5.41) is 0.